The van der Waals surface area contributed by atoms with E-state index in [-0.39, 0.29) is 0 Å². The van der Waals surface area contributed by atoms with Crippen LogP contribution in [0.2, 0.25) is 0 Å². The van der Waals surface area contributed by atoms with E-state index in [9.17, 15) is 0 Å². The summed E-state index contributed by atoms with van der Waals surface area (Å²) in [4.78, 5) is 8.38. The molecular formula is C11H17N2. The fourth-order valence-electron chi connectivity index (χ4n) is 1.57. The average molecular weight is 177 g/mol. The van der Waals surface area contributed by atoms with Gasteiger partial charge in [-0.15, -0.1) is 0 Å². The van der Waals surface area contributed by atoms with Gasteiger partial charge in [0.1, 0.15) is 0 Å². The van der Waals surface area contributed by atoms with Gasteiger partial charge >= 0.3 is 0 Å². The molecule has 1 aromatic rings. The van der Waals surface area contributed by atoms with Crippen LogP contribution in [-0.4, -0.2) is 9.97 Å². The SMILES string of the molecule is CCCc1c(CC)n[c]nc1CC. The van der Waals surface area contributed by atoms with Gasteiger partial charge in [-0.25, -0.2) is 9.97 Å². The van der Waals surface area contributed by atoms with E-state index in [1.54, 1.807) is 0 Å². The van der Waals surface area contributed by atoms with E-state index in [0.717, 1.165) is 25.7 Å². The summed E-state index contributed by atoms with van der Waals surface area (Å²) in [5.41, 5.74) is 3.70. The molecule has 0 fully saturated rings. The van der Waals surface area contributed by atoms with E-state index in [2.05, 4.69) is 37.1 Å². The fourth-order valence-corrected chi connectivity index (χ4v) is 1.57. The minimum Gasteiger partial charge on any atom is -0.230 e. The molecule has 0 saturated heterocycles. The summed E-state index contributed by atoms with van der Waals surface area (Å²) in [6, 6.07) is 0. The van der Waals surface area contributed by atoms with Crippen LogP contribution in [0.25, 0.3) is 0 Å². The monoisotopic (exact) mass is 177 g/mol. The highest BCUT2D eigenvalue weighted by atomic mass is 14.8. The molecule has 0 aliphatic heterocycles. The van der Waals surface area contributed by atoms with Crippen molar-refractivity contribution in [3.8, 4) is 0 Å². The van der Waals surface area contributed by atoms with Crippen molar-refractivity contribution in [1.29, 1.82) is 0 Å². The Morgan fingerprint density at radius 2 is 1.54 bits per heavy atom. The molecule has 13 heavy (non-hydrogen) atoms. The van der Waals surface area contributed by atoms with Gasteiger partial charge in [-0.1, -0.05) is 27.2 Å². The topological polar surface area (TPSA) is 25.8 Å². The highest BCUT2D eigenvalue weighted by Gasteiger charge is 2.07. The van der Waals surface area contributed by atoms with Gasteiger partial charge in [-0.3, -0.25) is 0 Å². The summed E-state index contributed by atoms with van der Waals surface area (Å²) in [6.45, 7) is 6.46. The number of rotatable bonds is 4. The quantitative estimate of drug-likeness (QED) is 0.705. The van der Waals surface area contributed by atoms with Gasteiger partial charge in [0.2, 0.25) is 0 Å². The number of nitrogens with zero attached hydrogens (tertiary/aromatic N) is 2. The first kappa shape index (κ1) is 10.2. The summed E-state index contributed by atoms with van der Waals surface area (Å²) in [7, 11) is 0. The van der Waals surface area contributed by atoms with E-state index in [1.807, 2.05) is 0 Å². The fraction of sp³-hybridized carbons (Fsp3) is 0.636. The first-order valence-electron chi connectivity index (χ1n) is 5.08. The highest BCUT2D eigenvalue weighted by Crippen LogP contribution is 2.13. The average Bonchev–Trinajstić information content (AvgIpc) is 2.18. The lowest BCUT2D eigenvalue weighted by atomic mass is 10.0. The molecule has 0 aliphatic rings. The van der Waals surface area contributed by atoms with E-state index in [1.165, 1.54) is 17.0 Å². The molecule has 0 bridgehead atoms. The van der Waals surface area contributed by atoms with E-state index < -0.39 is 0 Å². The minimum atomic E-state index is 0.987. The predicted octanol–water partition coefficient (Wildman–Crippen LogP) is 2.35. The number of hydrogen-bond acceptors (Lipinski definition) is 2. The maximum absolute atomic E-state index is 4.19. The smallest absolute Gasteiger partial charge is 0.198 e. The number of hydrogen-bond donors (Lipinski definition) is 0. The second-order valence-electron chi connectivity index (χ2n) is 3.15. The van der Waals surface area contributed by atoms with Crippen LogP contribution in [-0.2, 0) is 19.3 Å². The van der Waals surface area contributed by atoms with Gasteiger partial charge < -0.3 is 0 Å². The third-order valence-electron chi connectivity index (χ3n) is 2.24. The second-order valence-corrected chi connectivity index (χ2v) is 3.15. The van der Waals surface area contributed by atoms with Crippen LogP contribution in [0.4, 0.5) is 0 Å². The normalized spacial score (nSPS) is 10.4. The van der Waals surface area contributed by atoms with Gasteiger partial charge in [-0.05, 0) is 24.8 Å². The molecule has 0 saturated carbocycles. The molecule has 0 N–H and O–H groups in total. The molecule has 71 valence electrons. The largest absolute Gasteiger partial charge is 0.230 e. The molecule has 0 spiro atoms. The standard InChI is InChI=1S/C11H17N2/c1-4-7-9-10(5-2)12-8-13-11(9)6-3/h4-7H2,1-3H3. The van der Waals surface area contributed by atoms with Crippen molar-refractivity contribution in [3.63, 3.8) is 0 Å². The lowest BCUT2D eigenvalue weighted by Crippen LogP contribution is -2.04. The maximum atomic E-state index is 4.19. The maximum Gasteiger partial charge on any atom is 0.198 e. The Morgan fingerprint density at radius 3 is 1.92 bits per heavy atom. The van der Waals surface area contributed by atoms with Crippen molar-refractivity contribution < 1.29 is 0 Å². The van der Waals surface area contributed by atoms with Crippen LogP contribution < -0.4 is 0 Å². The minimum absolute atomic E-state index is 0.987. The van der Waals surface area contributed by atoms with Gasteiger partial charge in [0.25, 0.3) is 0 Å². The third kappa shape index (κ3) is 2.27. The number of aromatic nitrogens is 2. The molecule has 1 rings (SSSR count). The Bertz CT molecular complexity index is 247. The zero-order valence-corrected chi connectivity index (χ0v) is 8.72. The molecule has 0 atom stereocenters. The molecule has 0 aliphatic carbocycles. The number of aryl methyl sites for hydroxylation is 2. The van der Waals surface area contributed by atoms with Crippen molar-refractivity contribution in [2.45, 2.75) is 46.5 Å². The first-order valence-corrected chi connectivity index (χ1v) is 5.08. The second kappa shape index (κ2) is 4.95. The van der Waals surface area contributed by atoms with Crippen LogP contribution in [0.1, 0.15) is 44.1 Å². The van der Waals surface area contributed by atoms with Gasteiger partial charge in [0.15, 0.2) is 6.33 Å². The summed E-state index contributed by atoms with van der Waals surface area (Å²) in [5.74, 6) is 0. The Hall–Kier alpha value is -0.920. The first-order chi connectivity index (χ1) is 6.33. The Labute approximate surface area is 80.4 Å². The molecule has 0 aromatic carbocycles. The van der Waals surface area contributed by atoms with Crippen molar-refractivity contribution in [1.82, 2.24) is 9.97 Å². The lowest BCUT2D eigenvalue weighted by Gasteiger charge is -2.08. The lowest BCUT2D eigenvalue weighted by molar-refractivity contribution is 0.817. The molecule has 2 heteroatoms. The van der Waals surface area contributed by atoms with E-state index in [4.69, 9.17) is 0 Å². The van der Waals surface area contributed by atoms with Crippen molar-refractivity contribution in [2.24, 2.45) is 0 Å². The summed E-state index contributed by atoms with van der Waals surface area (Å²) in [6.07, 6.45) is 6.96. The van der Waals surface area contributed by atoms with Crippen molar-refractivity contribution in [2.75, 3.05) is 0 Å². The zero-order chi connectivity index (χ0) is 9.68. The van der Waals surface area contributed by atoms with Crippen LogP contribution >= 0.6 is 0 Å². The van der Waals surface area contributed by atoms with E-state index in [0.29, 0.717) is 0 Å². The molecular weight excluding hydrogens is 160 g/mol. The summed E-state index contributed by atoms with van der Waals surface area (Å²) >= 11 is 0. The Balaban J connectivity index is 3.05. The molecule has 1 radical (unpaired) electrons. The molecule has 1 heterocycles. The van der Waals surface area contributed by atoms with Gasteiger partial charge in [-0.2, -0.15) is 0 Å². The molecule has 2 nitrogen and oxygen atoms in total. The van der Waals surface area contributed by atoms with Crippen molar-refractivity contribution in [3.05, 3.63) is 23.3 Å². The Kier molecular flexibility index (Phi) is 3.87. The van der Waals surface area contributed by atoms with Crippen LogP contribution in [0.5, 0.6) is 0 Å². The highest BCUT2D eigenvalue weighted by molar-refractivity contribution is 5.24. The third-order valence-corrected chi connectivity index (χ3v) is 2.24. The molecule has 0 amide bonds. The van der Waals surface area contributed by atoms with Crippen LogP contribution in [0.3, 0.4) is 0 Å². The van der Waals surface area contributed by atoms with Crippen LogP contribution in [0, 0.1) is 6.33 Å². The van der Waals surface area contributed by atoms with Crippen molar-refractivity contribution >= 4 is 0 Å². The molecule has 0 unspecified atom stereocenters. The zero-order valence-electron chi connectivity index (χ0n) is 8.72. The predicted molar refractivity (Wildman–Crippen MR) is 53.6 cm³/mol. The van der Waals surface area contributed by atoms with Crippen LogP contribution in [0.15, 0.2) is 0 Å². The van der Waals surface area contributed by atoms with Gasteiger partial charge in [0.05, 0.1) is 0 Å². The molecule has 1 aromatic heterocycles. The van der Waals surface area contributed by atoms with E-state index >= 15 is 0 Å². The summed E-state index contributed by atoms with van der Waals surface area (Å²) < 4.78 is 0. The van der Waals surface area contributed by atoms with Gasteiger partial charge in [0, 0.05) is 11.4 Å². The summed E-state index contributed by atoms with van der Waals surface area (Å²) in [5, 5.41) is 0. The Morgan fingerprint density at radius 1 is 1.00 bits per heavy atom.